The van der Waals surface area contributed by atoms with Crippen molar-refractivity contribution >= 4 is 28.5 Å². The molecule has 5 rings (SSSR count). The summed E-state index contributed by atoms with van der Waals surface area (Å²) >= 11 is 1.62. The molecule has 1 fully saturated rings. The zero-order valence-electron chi connectivity index (χ0n) is 16.8. The molecule has 1 saturated heterocycles. The minimum absolute atomic E-state index is 0.207. The van der Waals surface area contributed by atoms with Crippen LogP contribution in [0.25, 0.3) is 22.0 Å². The summed E-state index contributed by atoms with van der Waals surface area (Å²) in [6.45, 7) is 7.03. The number of hydrogen-bond donors (Lipinski definition) is 1. The molecule has 5 nitrogen and oxygen atoms in total. The number of thioether (sulfide) groups is 1. The fourth-order valence-electron chi connectivity index (χ4n) is 4.51. The summed E-state index contributed by atoms with van der Waals surface area (Å²) in [5, 5.41) is 4.28. The zero-order valence-corrected chi connectivity index (χ0v) is 17.7. The third-order valence-corrected chi connectivity index (χ3v) is 7.00. The van der Waals surface area contributed by atoms with E-state index in [1.54, 1.807) is 16.3 Å². The van der Waals surface area contributed by atoms with Gasteiger partial charge in [-0.3, -0.25) is 4.57 Å². The van der Waals surface area contributed by atoms with Gasteiger partial charge in [0.05, 0.1) is 5.52 Å². The fraction of sp³-hybridized carbons (Fsp3) is 0.364. The van der Waals surface area contributed by atoms with Gasteiger partial charge in [0.25, 0.3) is 0 Å². The van der Waals surface area contributed by atoms with Gasteiger partial charge in [0.2, 0.25) is 0 Å². The molecule has 0 bridgehead atoms. The molecule has 0 spiro atoms. The summed E-state index contributed by atoms with van der Waals surface area (Å²) in [4.78, 5) is 20.5. The van der Waals surface area contributed by atoms with E-state index in [2.05, 4.69) is 22.1 Å². The highest BCUT2D eigenvalue weighted by Gasteiger charge is 2.28. The highest BCUT2D eigenvalue weighted by Crippen LogP contribution is 2.44. The smallest absolute Gasteiger partial charge is 0.350 e. The Bertz CT molecular complexity index is 1230. The lowest BCUT2D eigenvalue weighted by Crippen LogP contribution is -2.51. The number of nitrogens with zero attached hydrogens (tertiary/aromatic N) is 3. The molecule has 0 aliphatic carbocycles. The summed E-state index contributed by atoms with van der Waals surface area (Å²) < 4.78 is 29.9. The van der Waals surface area contributed by atoms with Crippen molar-refractivity contribution in [2.45, 2.75) is 31.3 Å². The number of anilines is 1. The first kappa shape index (κ1) is 19.5. The summed E-state index contributed by atoms with van der Waals surface area (Å²) in [5.74, 6) is 0.191. The Morgan fingerprint density at radius 2 is 2.07 bits per heavy atom. The second-order valence-corrected chi connectivity index (χ2v) is 8.99. The largest absolute Gasteiger partial charge is 0.351 e. The first-order chi connectivity index (χ1) is 14.5. The molecule has 1 N–H and O–H groups in total. The van der Waals surface area contributed by atoms with E-state index in [1.165, 1.54) is 12.1 Å². The maximum atomic E-state index is 14.7. The third kappa shape index (κ3) is 3.01. The number of halogens is 2. The van der Waals surface area contributed by atoms with Crippen LogP contribution in [-0.2, 0) is 6.54 Å². The number of hydrogen-bond acceptors (Lipinski definition) is 5. The van der Waals surface area contributed by atoms with E-state index in [9.17, 15) is 13.6 Å². The highest BCUT2D eigenvalue weighted by molar-refractivity contribution is 7.99. The van der Waals surface area contributed by atoms with Crippen molar-refractivity contribution in [3.63, 3.8) is 0 Å². The summed E-state index contributed by atoms with van der Waals surface area (Å²) in [6.07, 6.45) is 0. The molecule has 0 radical (unpaired) electrons. The van der Waals surface area contributed by atoms with E-state index < -0.39 is 11.6 Å². The molecule has 156 valence electrons. The lowest BCUT2D eigenvalue weighted by Gasteiger charge is -2.36. The molecule has 1 unspecified atom stereocenters. The first-order valence-electron chi connectivity index (χ1n) is 10.1. The van der Waals surface area contributed by atoms with E-state index in [0.717, 1.165) is 52.6 Å². The molecule has 2 aliphatic heterocycles. The Hall–Kier alpha value is -2.45. The van der Waals surface area contributed by atoms with Crippen molar-refractivity contribution in [2.24, 2.45) is 0 Å². The lowest BCUT2D eigenvalue weighted by molar-refractivity contribution is 0.497. The minimum Gasteiger partial charge on any atom is -0.351 e. The van der Waals surface area contributed by atoms with Gasteiger partial charge >= 0.3 is 5.69 Å². The predicted octanol–water partition coefficient (Wildman–Crippen LogP) is 3.55. The summed E-state index contributed by atoms with van der Waals surface area (Å²) in [5.41, 5.74) is 2.49. The zero-order chi connectivity index (χ0) is 21.0. The molecule has 2 aliphatic rings. The van der Waals surface area contributed by atoms with Gasteiger partial charge in [0, 0.05) is 65.4 Å². The van der Waals surface area contributed by atoms with E-state index in [0.29, 0.717) is 23.7 Å². The number of piperazine rings is 1. The number of benzene rings is 2. The lowest BCUT2D eigenvalue weighted by atomic mass is 9.97. The Morgan fingerprint density at radius 1 is 1.23 bits per heavy atom. The molecule has 3 heterocycles. The van der Waals surface area contributed by atoms with E-state index in [1.807, 2.05) is 13.0 Å². The first-order valence-corrected chi connectivity index (χ1v) is 11.1. The normalized spacial score (nSPS) is 18.8. The maximum Gasteiger partial charge on any atom is 0.350 e. The fourth-order valence-corrected chi connectivity index (χ4v) is 5.76. The summed E-state index contributed by atoms with van der Waals surface area (Å²) in [7, 11) is 0. The number of rotatable bonds is 2. The average molecular weight is 429 g/mol. The quantitative estimate of drug-likeness (QED) is 0.677. The van der Waals surface area contributed by atoms with Gasteiger partial charge in [-0.15, -0.1) is 11.8 Å². The van der Waals surface area contributed by atoms with Crippen molar-refractivity contribution in [1.29, 1.82) is 0 Å². The molecular formula is C22H22F2N4OS. The van der Waals surface area contributed by atoms with Crippen molar-refractivity contribution in [3.8, 4) is 11.1 Å². The van der Waals surface area contributed by atoms with Crippen molar-refractivity contribution in [2.75, 3.05) is 30.3 Å². The van der Waals surface area contributed by atoms with Crippen LogP contribution in [0, 0.1) is 18.6 Å². The molecule has 1 aromatic heterocycles. The SMILES string of the molecule is Cc1cc2c(N3CCNCC3C)nc(=O)n3c2c(c1-c1ccc(F)cc1F)SCC3. The second-order valence-electron chi connectivity index (χ2n) is 7.88. The molecule has 8 heteroatoms. The van der Waals surface area contributed by atoms with Crippen LogP contribution in [0.2, 0.25) is 0 Å². The monoisotopic (exact) mass is 428 g/mol. The van der Waals surface area contributed by atoms with E-state index in [4.69, 9.17) is 0 Å². The van der Waals surface area contributed by atoms with Crippen molar-refractivity contribution in [1.82, 2.24) is 14.9 Å². The maximum absolute atomic E-state index is 14.7. The van der Waals surface area contributed by atoms with Crippen LogP contribution in [-0.4, -0.2) is 41.0 Å². The Kier molecular flexibility index (Phi) is 4.78. The standard InChI is InChI=1S/C22H22F2N4OS/c1-12-9-16-19-20(18(12)15-4-3-14(23)10-17(15)24)30-8-7-28(19)22(29)26-21(16)27-6-5-25-11-13(27)2/h3-4,9-10,13,25H,5-8,11H2,1-2H3. The van der Waals surface area contributed by atoms with Gasteiger partial charge in [0.15, 0.2) is 0 Å². The molecular weight excluding hydrogens is 406 g/mol. The average Bonchev–Trinajstić information content (AvgIpc) is 2.72. The second kappa shape index (κ2) is 7.35. The number of aryl methyl sites for hydroxylation is 2. The molecule has 30 heavy (non-hydrogen) atoms. The van der Waals surface area contributed by atoms with Gasteiger partial charge in [-0.25, -0.2) is 13.6 Å². The Balaban J connectivity index is 1.84. The molecule has 0 saturated carbocycles. The topological polar surface area (TPSA) is 50.2 Å². The third-order valence-electron chi connectivity index (χ3n) is 5.93. The molecule has 3 aromatic rings. The van der Waals surface area contributed by atoms with Gasteiger partial charge in [-0.05, 0) is 37.6 Å². The van der Waals surface area contributed by atoms with Gasteiger partial charge < -0.3 is 10.2 Å². The molecule has 2 aromatic carbocycles. The van der Waals surface area contributed by atoms with Crippen LogP contribution in [0.1, 0.15) is 12.5 Å². The van der Waals surface area contributed by atoms with Crippen LogP contribution >= 0.6 is 11.8 Å². The van der Waals surface area contributed by atoms with Gasteiger partial charge in [-0.2, -0.15) is 4.98 Å². The summed E-state index contributed by atoms with van der Waals surface area (Å²) in [6, 6.07) is 5.87. The minimum atomic E-state index is -0.605. The highest BCUT2D eigenvalue weighted by atomic mass is 32.2. The van der Waals surface area contributed by atoms with Crippen LogP contribution in [0.3, 0.4) is 0 Å². The van der Waals surface area contributed by atoms with E-state index in [-0.39, 0.29) is 11.7 Å². The van der Waals surface area contributed by atoms with Crippen LogP contribution in [0.4, 0.5) is 14.6 Å². The molecule has 1 atom stereocenters. The van der Waals surface area contributed by atoms with Crippen molar-refractivity contribution in [3.05, 3.63) is 51.9 Å². The van der Waals surface area contributed by atoms with Crippen LogP contribution < -0.4 is 15.9 Å². The number of aromatic nitrogens is 2. The number of nitrogens with one attached hydrogen (secondary N) is 1. The van der Waals surface area contributed by atoms with E-state index >= 15 is 0 Å². The Labute approximate surface area is 177 Å². The Morgan fingerprint density at radius 3 is 2.83 bits per heavy atom. The predicted molar refractivity (Wildman–Crippen MR) is 116 cm³/mol. The molecule has 0 amide bonds. The van der Waals surface area contributed by atoms with Crippen LogP contribution in [0.5, 0.6) is 0 Å². The van der Waals surface area contributed by atoms with Gasteiger partial charge in [0.1, 0.15) is 17.5 Å². The van der Waals surface area contributed by atoms with Crippen molar-refractivity contribution < 1.29 is 8.78 Å². The van der Waals surface area contributed by atoms with Crippen LogP contribution in [0.15, 0.2) is 34.0 Å². The van der Waals surface area contributed by atoms with Gasteiger partial charge in [-0.1, -0.05) is 0 Å².